The Kier molecular flexibility index (Phi) is 6.57. The Morgan fingerprint density at radius 1 is 1.44 bits per heavy atom. The van der Waals surface area contributed by atoms with Gasteiger partial charge in [0.1, 0.15) is 17.3 Å². The Morgan fingerprint density at radius 3 is 2.94 bits per heavy atom. The van der Waals surface area contributed by atoms with Gasteiger partial charge in [0, 0.05) is 12.1 Å². The predicted octanol–water partition coefficient (Wildman–Crippen LogP) is 3.25. The van der Waals surface area contributed by atoms with E-state index in [4.69, 9.17) is 11.6 Å². The summed E-state index contributed by atoms with van der Waals surface area (Å²) in [6.45, 7) is 3.06. The lowest BCUT2D eigenvalue weighted by Gasteiger charge is -2.10. The zero-order valence-electron chi connectivity index (χ0n) is 9.79. The van der Waals surface area contributed by atoms with E-state index in [0.29, 0.717) is 5.15 Å². The molecule has 0 aliphatic carbocycles. The lowest BCUT2D eigenvalue weighted by Crippen LogP contribution is -2.08. The maximum absolute atomic E-state index is 6.05. The molecule has 0 aliphatic rings. The Morgan fingerprint density at radius 2 is 2.25 bits per heavy atom. The summed E-state index contributed by atoms with van der Waals surface area (Å²) in [5.74, 6) is 2.05. The molecule has 0 aliphatic heterocycles. The van der Waals surface area contributed by atoms with Crippen molar-refractivity contribution in [2.75, 3.05) is 23.9 Å². The van der Waals surface area contributed by atoms with E-state index in [0.717, 1.165) is 42.9 Å². The van der Waals surface area contributed by atoms with Crippen LogP contribution >= 0.6 is 23.4 Å². The summed E-state index contributed by atoms with van der Waals surface area (Å²) in [7, 11) is 0. The molecule has 0 aromatic carbocycles. The molecule has 1 heterocycles. The second-order valence-electron chi connectivity index (χ2n) is 3.51. The van der Waals surface area contributed by atoms with Gasteiger partial charge in [-0.3, -0.25) is 0 Å². The Hall–Kier alpha value is -0.480. The zero-order chi connectivity index (χ0) is 11.8. The summed E-state index contributed by atoms with van der Waals surface area (Å²) >= 11 is 7.91. The average Bonchev–Trinajstić information content (AvgIpc) is 2.29. The third-order valence-electron chi connectivity index (χ3n) is 2.21. The van der Waals surface area contributed by atoms with Crippen molar-refractivity contribution in [2.24, 2.45) is 0 Å². The molecular weight excluding hydrogens is 242 g/mol. The van der Waals surface area contributed by atoms with Crippen LogP contribution in [0.25, 0.3) is 0 Å². The SMILES string of the molecule is CCCc1c(Cl)ncnc1NCCCSC. The molecule has 0 atom stereocenters. The number of anilines is 1. The van der Waals surface area contributed by atoms with Crippen molar-refractivity contribution in [3.05, 3.63) is 17.0 Å². The molecular formula is C11H18ClN3S. The van der Waals surface area contributed by atoms with Crippen LogP contribution in [0.5, 0.6) is 0 Å². The number of thioether (sulfide) groups is 1. The molecule has 0 saturated heterocycles. The maximum Gasteiger partial charge on any atom is 0.137 e. The molecule has 1 aromatic rings. The van der Waals surface area contributed by atoms with E-state index < -0.39 is 0 Å². The van der Waals surface area contributed by atoms with Crippen LogP contribution in [-0.2, 0) is 6.42 Å². The van der Waals surface area contributed by atoms with Gasteiger partial charge in [-0.1, -0.05) is 24.9 Å². The first kappa shape index (κ1) is 13.6. The van der Waals surface area contributed by atoms with Crippen molar-refractivity contribution in [3.63, 3.8) is 0 Å². The largest absolute Gasteiger partial charge is 0.370 e. The van der Waals surface area contributed by atoms with E-state index in [1.165, 1.54) is 6.33 Å². The topological polar surface area (TPSA) is 37.8 Å². The standard InChI is InChI=1S/C11H18ClN3S/c1-3-5-9-10(12)14-8-15-11(9)13-6-4-7-16-2/h8H,3-7H2,1-2H3,(H,13,14,15). The Balaban J connectivity index is 2.59. The number of aromatic nitrogens is 2. The number of nitrogens with zero attached hydrogens (tertiary/aromatic N) is 2. The van der Waals surface area contributed by atoms with E-state index in [9.17, 15) is 0 Å². The monoisotopic (exact) mass is 259 g/mol. The van der Waals surface area contributed by atoms with Gasteiger partial charge in [0.05, 0.1) is 0 Å². The summed E-state index contributed by atoms with van der Waals surface area (Å²) in [4.78, 5) is 8.26. The van der Waals surface area contributed by atoms with Crippen LogP contribution in [0.15, 0.2) is 6.33 Å². The minimum Gasteiger partial charge on any atom is -0.370 e. The average molecular weight is 260 g/mol. The van der Waals surface area contributed by atoms with E-state index in [1.807, 2.05) is 11.8 Å². The second-order valence-corrected chi connectivity index (χ2v) is 4.86. The van der Waals surface area contributed by atoms with Gasteiger partial charge in [0.15, 0.2) is 0 Å². The zero-order valence-corrected chi connectivity index (χ0v) is 11.4. The molecule has 0 fully saturated rings. The maximum atomic E-state index is 6.05. The Labute approximate surface area is 106 Å². The fourth-order valence-electron chi connectivity index (χ4n) is 1.44. The van der Waals surface area contributed by atoms with E-state index in [1.54, 1.807) is 0 Å². The molecule has 1 rings (SSSR count). The highest BCUT2D eigenvalue weighted by Crippen LogP contribution is 2.21. The summed E-state index contributed by atoms with van der Waals surface area (Å²) in [6, 6.07) is 0. The first-order valence-electron chi connectivity index (χ1n) is 5.51. The van der Waals surface area contributed by atoms with Gasteiger partial charge in [0.25, 0.3) is 0 Å². The van der Waals surface area contributed by atoms with Crippen LogP contribution in [0.2, 0.25) is 5.15 Å². The van der Waals surface area contributed by atoms with Gasteiger partial charge in [-0.15, -0.1) is 0 Å². The van der Waals surface area contributed by atoms with Crippen LogP contribution in [-0.4, -0.2) is 28.5 Å². The van der Waals surface area contributed by atoms with E-state index in [-0.39, 0.29) is 0 Å². The van der Waals surface area contributed by atoms with Crippen molar-refractivity contribution in [3.8, 4) is 0 Å². The van der Waals surface area contributed by atoms with Crippen molar-refractivity contribution < 1.29 is 0 Å². The minimum absolute atomic E-state index is 0.573. The summed E-state index contributed by atoms with van der Waals surface area (Å²) < 4.78 is 0. The highest BCUT2D eigenvalue weighted by molar-refractivity contribution is 7.98. The van der Waals surface area contributed by atoms with Gasteiger partial charge in [-0.25, -0.2) is 9.97 Å². The highest BCUT2D eigenvalue weighted by Gasteiger charge is 2.07. The van der Waals surface area contributed by atoms with Crippen molar-refractivity contribution >= 4 is 29.2 Å². The quantitative estimate of drug-likeness (QED) is 0.603. The number of halogens is 1. The molecule has 16 heavy (non-hydrogen) atoms. The van der Waals surface area contributed by atoms with Crippen molar-refractivity contribution in [2.45, 2.75) is 26.2 Å². The van der Waals surface area contributed by atoms with Crippen LogP contribution in [0, 0.1) is 0 Å². The summed E-state index contributed by atoms with van der Waals surface area (Å²) in [5, 5.41) is 3.90. The fraction of sp³-hybridized carbons (Fsp3) is 0.636. The van der Waals surface area contributed by atoms with Crippen LogP contribution in [0.1, 0.15) is 25.3 Å². The van der Waals surface area contributed by atoms with Crippen LogP contribution < -0.4 is 5.32 Å². The molecule has 0 amide bonds. The first-order chi connectivity index (χ1) is 7.79. The van der Waals surface area contributed by atoms with Gasteiger partial charge in [-0.2, -0.15) is 11.8 Å². The molecule has 3 nitrogen and oxygen atoms in total. The van der Waals surface area contributed by atoms with Crippen LogP contribution in [0.4, 0.5) is 5.82 Å². The van der Waals surface area contributed by atoms with E-state index in [2.05, 4.69) is 28.5 Å². The molecule has 0 saturated carbocycles. The fourth-order valence-corrected chi connectivity index (χ4v) is 2.10. The van der Waals surface area contributed by atoms with Crippen molar-refractivity contribution in [1.29, 1.82) is 0 Å². The lowest BCUT2D eigenvalue weighted by molar-refractivity contribution is 0.891. The Bertz CT molecular complexity index is 320. The van der Waals surface area contributed by atoms with Crippen LogP contribution in [0.3, 0.4) is 0 Å². The van der Waals surface area contributed by atoms with Gasteiger partial charge in [-0.05, 0) is 24.9 Å². The molecule has 1 N–H and O–H groups in total. The smallest absolute Gasteiger partial charge is 0.137 e. The lowest BCUT2D eigenvalue weighted by atomic mass is 10.2. The van der Waals surface area contributed by atoms with Gasteiger partial charge in [0.2, 0.25) is 0 Å². The third kappa shape index (κ3) is 4.18. The molecule has 0 unspecified atom stereocenters. The highest BCUT2D eigenvalue weighted by atomic mass is 35.5. The molecule has 5 heteroatoms. The first-order valence-corrected chi connectivity index (χ1v) is 7.29. The van der Waals surface area contributed by atoms with Gasteiger partial charge < -0.3 is 5.32 Å². The van der Waals surface area contributed by atoms with Crippen molar-refractivity contribution in [1.82, 2.24) is 9.97 Å². The molecule has 0 spiro atoms. The van der Waals surface area contributed by atoms with Gasteiger partial charge >= 0.3 is 0 Å². The minimum atomic E-state index is 0.573. The number of hydrogen-bond donors (Lipinski definition) is 1. The number of hydrogen-bond acceptors (Lipinski definition) is 4. The molecule has 90 valence electrons. The van der Waals surface area contributed by atoms with E-state index >= 15 is 0 Å². The summed E-state index contributed by atoms with van der Waals surface area (Å²) in [5.41, 5.74) is 1.04. The predicted molar refractivity (Wildman–Crippen MR) is 72.5 cm³/mol. The molecule has 0 bridgehead atoms. The molecule has 1 aromatic heterocycles. The normalized spacial score (nSPS) is 10.4. The summed E-state index contributed by atoms with van der Waals surface area (Å²) in [6.07, 6.45) is 6.73. The molecule has 0 radical (unpaired) electrons. The number of nitrogens with one attached hydrogen (secondary N) is 1. The number of rotatable bonds is 7. The second kappa shape index (κ2) is 7.74. The third-order valence-corrected chi connectivity index (χ3v) is 3.23.